The van der Waals surface area contributed by atoms with Crippen LogP contribution in [0.2, 0.25) is 0 Å². The number of sulfone groups is 1. The fourth-order valence-corrected chi connectivity index (χ4v) is 3.85. The Morgan fingerprint density at radius 1 is 0.909 bits per heavy atom. The third-order valence-electron chi connectivity index (χ3n) is 3.59. The molecule has 0 aromatic heterocycles. The predicted octanol–water partition coefficient (Wildman–Crippen LogP) is 3.82. The second kappa shape index (κ2) is 5.81. The maximum absolute atomic E-state index is 12.5. The molecule has 0 aliphatic carbocycles. The zero-order valence-electron chi connectivity index (χ0n) is 12.2. The van der Waals surface area contributed by atoms with Crippen LogP contribution in [0.5, 0.6) is 5.75 Å². The lowest BCUT2D eigenvalue weighted by Gasteiger charge is -2.08. The molecule has 0 amide bonds. The summed E-state index contributed by atoms with van der Waals surface area (Å²) in [5.74, 6) is 0.724. The molecule has 3 aromatic carbocycles. The van der Waals surface area contributed by atoms with Crippen LogP contribution in [0.15, 0.2) is 71.6 Å². The van der Waals surface area contributed by atoms with Gasteiger partial charge in [0.1, 0.15) is 5.75 Å². The SMILES string of the molecule is COc1cccc2ccc(CS(=O)(=O)c3ccccc3)cc12. The molecule has 4 heteroatoms. The van der Waals surface area contributed by atoms with Gasteiger partial charge in [-0.1, -0.05) is 42.5 Å². The van der Waals surface area contributed by atoms with Gasteiger partial charge in [-0.25, -0.2) is 8.42 Å². The topological polar surface area (TPSA) is 43.4 Å². The Labute approximate surface area is 130 Å². The predicted molar refractivity (Wildman–Crippen MR) is 87.8 cm³/mol. The zero-order chi connectivity index (χ0) is 15.6. The van der Waals surface area contributed by atoms with Crippen LogP contribution >= 0.6 is 0 Å². The molecular weight excluding hydrogens is 296 g/mol. The zero-order valence-corrected chi connectivity index (χ0v) is 13.0. The first-order chi connectivity index (χ1) is 10.6. The molecular formula is C18H16O3S. The highest BCUT2D eigenvalue weighted by molar-refractivity contribution is 7.90. The fourth-order valence-electron chi connectivity index (χ4n) is 2.49. The number of benzene rings is 3. The quantitative estimate of drug-likeness (QED) is 0.735. The van der Waals surface area contributed by atoms with Gasteiger partial charge in [0.15, 0.2) is 9.84 Å². The van der Waals surface area contributed by atoms with Gasteiger partial charge in [-0.05, 0) is 35.2 Å². The van der Waals surface area contributed by atoms with E-state index >= 15 is 0 Å². The summed E-state index contributed by atoms with van der Waals surface area (Å²) in [6.45, 7) is 0. The maximum Gasteiger partial charge on any atom is 0.182 e. The Morgan fingerprint density at radius 2 is 1.68 bits per heavy atom. The van der Waals surface area contributed by atoms with Crippen molar-refractivity contribution < 1.29 is 13.2 Å². The van der Waals surface area contributed by atoms with E-state index in [1.165, 1.54) is 0 Å². The summed E-state index contributed by atoms with van der Waals surface area (Å²) in [6, 6.07) is 19.9. The Kier molecular flexibility index (Phi) is 3.86. The Morgan fingerprint density at radius 3 is 2.41 bits per heavy atom. The van der Waals surface area contributed by atoms with Crippen LogP contribution in [0.4, 0.5) is 0 Å². The van der Waals surface area contributed by atoms with Gasteiger partial charge < -0.3 is 4.74 Å². The van der Waals surface area contributed by atoms with Gasteiger partial charge in [-0.15, -0.1) is 0 Å². The molecule has 22 heavy (non-hydrogen) atoms. The molecule has 0 atom stereocenters. The van der Waals surface area contributed by atoms with Crippen LogP contribution < -0.4 is 4.74 Å². The summed E-state index contributed by atoms with van der Waals surface area (Å²) >= 11 is 0. The molecule has 0 saturated carbocycles. The fraction of sp³-hybridized carbons (Fsp3) is 0.111. The monoisotopic (exact) mass is 312 g/mol. The van der Waals surface area contributed by atoms with Gasteiger partial charge in [0, 0.05) is 5.39 Å². The molecule has 3 nitrogen and oxygen atoms in total. The van der Waals surface area contributed by atoms with E-state index in [1.807, 2.05) is 36.4 Å². The van der Waals surface area contributed by atoms with Crippen LogP contribution in [0, 0.1) is 0 Å². The van der Waals surface area contributed by atoms with E-state index in [4.69, 9.17) is 4.74 Å². The summed E-state index contributed by atoms with van der Waals surface area (Å²) in [5.41, 5.74) is 0.751. The molecule has 112 valence electrons. The summed E-state index contributed by atoms with van der Waals surface area (Å²) in [4.78, 5) is 0.343. The van der Waals surface area contributed by atoms with Crippen molar-refractivity contribution >= 4 is 20.6 Å². The molecule has 0 spiro atoms. The van der Waals surface area contributed by atoms with E-state index in [0.29, 0.717) is 4.90 Å². The molecule has 0 N–H and O–H groups in total. The molecule has 0 fully saturated rings. The van der Waals surface area contributed by atoms with Gasteiger partial charge in [-0.3, -0.25) is 0 Å². The van der Waals surface area contributed by atoms with Crippen molar-refractivity contribution in [1.29, 1.82) is 0 Å². The summed E-state index contributed by atoms with van der Waals surface area (Å²) in [6.07, 6.45) is 0. The van der Waals surface area contributed by atoms with E-state index in [2.05, 4.69) is 0 Å². The van der Waals surface area contributed by atoms with Crippen LogP contribution in [0.3, 0.4) is 0 Å². The third-order valence-corrected chi connectivity index (χ3v) is 5.29. The van der Waals surface area contributed by atoms with E-state index in [0.717, 1.165) is 22.1 Å². The van der Waals surface area contributed by atoms with Crippen molar-refractivity contribution in [3.8, 4) is 5.75 Å². The van der Waals surface area contributed by atoms with Crippen LogP contribution in [-0.2, 0) is 15.6 Å². The van der Waals surface area contributed by atoms with E-state index in [-0.39, 0.29) is 5.75 Å². The van der Waals surface area contributed by atoms with Gasteiger partial charge in [0.05, 0.1) is 17.8 Å². The van der Waals surface area contributed by atoms with Crippen molar-refractivity contribution in [2.45, 2.75) is 10.6 Å². The lowest BCUT2D eigenvalue weighted by molar-refractivity contribution is 0.420. The van der Waals surface area contributed by atoms with Crippen molar-refractivity contribution in [2.24, 2.45) is 0 Å². The first-order valence-corrected chi connectivity index (χ1v) is 8.59. The molecule has 3 rings (SSSR count). The molecule has 0 unspecified atom stereocenters. The molecule has 0 heterocycles. The Bertz CT molecular complexity index is 900. The number of hydrogen-bond acceptors (Lipinski definition) is 3. The second-order valence-electron chi connectivity index (χ2n) is 5.09. The minimum absolute atomic E-state index is 0.0228. The molecule has 0 aliphatic heterocycles. The number of hydrogen-bond donors (Lipinski definition) is 0. The minimum Gasteiger partial charge on any atom is -0.496 e. The average Bonchev–Trinajstić information content (AvgIpc) is 2.54. The molecule has 3 aromatic rings. The summed E-state index contributed by atoms with van der Waals surface area (Å²) < 4.78 is 30.3. The van der Waals surface area contributed by atoms with E-state index in [1.54, 1.807) is 37.4 Å². The van der Waals surface area contributed by atoms with Crippen molar-refractivity contribution in [3.05, 3.63) is 72.3 Å². The summed E-state index contributed by atoms with van der Waals surface area (Å²) in [7, 11) is -1.73. The van der Waals surface area contributed by atoms with E-state index < -0.39 is 9.84 Å². The third kappa shape index (κ3) is 2.83. The van der Waals surface area contributed by atoms with Crippen molar-refractivity contribution in [1.82, 2.24) is 0 Å². The normalized spacial score (nSPS) is 11.5. The number of ether oxygens (including phenoxy) is 1. The largest absolute Gasteiger partial charge is 0.496 e. The smallest absolute Gasteiger partial charge is 0.182 e. The standard InChI is InChI=1S/C18H16O3S/c1-21-18-9-5-6-15-11-10-14(12-17(15)18)13-22(19,20)16-7-3-2-4-8-16/h2-12H,13H2,1H3. The highest BCUT2D eigenvalue weighted by atomic mass is 32.2. The molecule has 0 saturated heterocycles. The molecule has 0 bridgehead atoms. The van der Waals surface area contributed by atoms with Crippen LogP contribution in [0.1, 0.15) is 5.56 Å². The lowest BCUT2D eigenvalue weighted by atomic mass is 10.1. The van der Waals surface area contributed by atoms with Gasteiger partial charge in [0.2, 0.25) is 0 Å². The van der Waals surface area contributed by atoms with Gasteiger partial charge in [-0.2, -0.15) is 0 Å². The average molecular weight is 312 g/mol. The maximum atomic E-state index is 12.5. The highest BCUT2D eigenvalue weighted by Crippen LogP contribution is 2.27. The molecule has 0 aliphatic rings. The van der Waals surface area contributed by atoms with Gasteiger partial charge in [0.25, 0.3) is 0 Å². The van der Waals surface area contributed by atoms with Crippen LogP contribution in [-0.4, -0.2) is 15.5 Å². The second-order valence-corrected chi connectivity index (χ2v) is 7.08. The summed E-state index contributed by atoms with van der Waals surface area (Å²) in [5, 5.41) is 1.95. The first kappa shape index (κ1) is 14.6. The van der Waals surface area contributed by atoms with Gasteiger partial charge >= 0.3 is 0 Å². The lowest BCUT2D eigenvalue weighted by Crippen LogP contribution is -2.04. The van der Waals surface area contributed by atoms with E-state index in [9.17, 15) is 8.42 Å². The minimum atomic E-state index is -3.34. The van der Waals surface area contributed by atoms with Crippen molar-refractivity contribution in [2.75, 3.05) is 7.11 Å². The molecule has 0 radical (unpaired) electrons. The number of fused-ring (bicyclic) bond motifs is 1. The Balaban J connectivity index is 2.01. The van der Waals surface area contributed by atoms with Crippen LogP contribution in [0.25, 0.3) is 10.8 Å². The highest BCUT2D eigenvalue weighted by Gasteiger charge is 2.15. The number of methoxy groups -OCH3 is 1. The first-order valence-electron chi connectivity index (χ1n) is 6.93. The number of rotatable bonds is 4. The Hall–Kier alpha value is -2.33. The van der Waals surface area contributed by atoms with Crippen molar-refractivity contribution in [3.63, 3.8) is 0 Å².